The molecular formula is C45H50F2N4O6. The number of carbonyl (C=O) groups excluding carboxylic acids is 1. The number of aliphatic hydroxyl groups excluding tert-OH is 1. The highest BCUT2D eigenvalue weighted by molar-refractivity contribution is 6.01. The average Bonchev–Trinajstić information content (AvgIpc) is 3.50. The fraction of sp³-hybridized carbons (Fsp3) is 0.356. The number of halogens is 2. The Morgan fingerprint density at radius 2 is 1.67 bits per heavy atom. The number of nitrogens with zero attached hydrogens (tertiary/aromatic N) is 4. The second-order valence-electron chi connectivity index (χ2n) is 14.9. The fourth-order valence-corrected chi connectivity index (χ4v) is 8.13. The van der Waals surface area contributed by atoms with Crippen molar-refractivity contribution in [1.82, 2.24) is 14.4 Å². The lowest BCUT2D eigenvalue weighted by Crippen LogP contribution is -2.52. The lowest BCUT2D eigenvalue weighted by atomic mass is 9.91. The minimum absolute atomic E-state index is 0.0717. The number of benzene rings is 4. The number of phenolic OH excluding ortho intramolecular Hbond substituents is 1. The van der Waals surface area contributed by atoms with E-state index in [0.717, 1.165) is 41.2 Å². The number of aromatic hydroxyl groups is 1. The Bertz CT molecular complexity index is 2220. The quantitative estimate of drug-likeness (QED) is 0.126. The molecule has 12 heteroatoms. The molecule has 2 aliphatic heterocycles. The lowest BCUT2D eigenvalue weighted by molar-refractivity contribution is -0.0503. The standard InChI is InChI=1S/C45H50F2N4O6/c1-28-21-38(39(24-42(28)57-45(46)47)44(54)51-26-33-10-7-6-9-31(33)22-35(51)27-49-17-19-56-20-18-49)40-23-37(30(3)48(40)4)43(53)50(34-13-15-36(52)16-14-34)25-32-11-8-12-41(55-5)29(32)2/h6-16,21,23-24,35,43,45,52-53H,17-20,22,25-27H2,1-5H3/t35-,43?/m0/s1. The number of fused-ring (bicyclic) bond motifs is 1. The number of alkyl halides is 2. The Morgan fingerprint density at radius 3 is 2.37 bits per heavy atom. The molecule has 2 atom stereocenters. The summed E-state index contributed by atoms with van der Waals surface area (Å²) in [7, 11) is 3.48. The van der Waals surface area contributed by atoms with Gasteiger partial charge in [0.05, 0.1) is 25.9 Å². The van der Waals surface area contributed by atoms with Crippen molar-refractivity contribution < 1.29 is 38.0 Å². The van der Waals surface area contributed by atoms with Gasteiger partial charge in [-0.3, -0.25) is 9.69 Å². The van der Waals surface area contributed by atoms with Crippen molar-refractivity contribution in [2.75, 3.05) is 44.9 Å². The SMILES string of the molecule is COc1cccc(CN(c2ccc(O)cc2)C(O)c2cc(-c3cc(C)c(OC(F)F)cc3C(=O)N3Cc4ccccc4C[C@H]3CN3CCOCC3)n(C)c2C)c1C. The largest absolute Gasteiger partial charge is 0.508 e. The van der Waals surface area contributed by atoms with Crippen molar-refractivity contribution >= 4 is 11.6 Å². The molecule has 0 aliphatic carbocycles. The van der Waals surface area contributed by atoms with Crippen molar-refractivity contribution in [3.05, 3.63) is 130 Å². The highest BCUT2D eigenvalue weighted by atomic mass is 19.3. The van der Waals surface area contributed by atoms with E-state index >= 15 is 4.79 Å². The molecule has 4 aromatic carbocycles. The second kappa shape index (κ2) is 17.0. The molecule has 5 aromatic rings. The van der Waals surface area contributed by atoms with Gasteiger partial charge in [-0.1, -0.05) is 36.4 Å². The number of ether oxygens (including phenoxy) is 3. The third-order valence-electron chi connectivity index (χ3n) is 11.5. The molecule has 300 valence electrons. The number of amides is 1. The van der Waals surface area contributed by atoms with Gasteiger partial charge in [-0.25, -0.2) is 0 Å². The van der Waals surface area contributed by atoms with E-state index in [4.69, 9.17) is 14.2 Å². The van der Waals surface area contributed by atoms with E-state index in [2.05, 4.69) is 11.0 Å². The van der Waals surface area contributed by atoms with Gasteiger partial charge in [0.1, 0.15) is 17.2 Å². The smallest absolute Gasteiger partial charge is 0.387 e. The number of carbonyl (C=O) groups is 1. The minimum Gasteiger partial charge on any atom is -0.508 e. The Morgan fingerprint density at radius 1 is 0.947 bits per heavy atom. The van der Waals surface area contributed by atoms with Crippen LogP contribution in [-0.2, 0) is 31.3 Å². The van der Waals surface area contributed by atoms with Gasteiger partial charge >= 0.3 is 6.61 Å². The summed E-state index contributed by atoms with van der Waals surface area (Å²) in [5.41, 5.74) is 7.92. The summed E-state index contributed by atoms with van der Waals surface area (Å²) >= 11 is 0. The number of anilines is 1. The van der Waals surface area contributed by atoms with Crippen molar-refractivity contribution in [3.8, 4) is 28.5 Å². The van der Waals surface area contributed by atoms with Gasteiger partial charge < -0.3 is 38.8 Å². The molecule has 0 saturated carbocycles. The van der Waals surface area contributed by atoms with Gasteiger partial charge in [-0.15, -0.1) is 0 Å². The summed E-state index contributed by atoms with van der Waals surface area (Å²) in [5.74, 6) is 0.455. The van der Waals surface area contributed by atoms with E-state index in [9.17, 15) is 19.0 Å². The van der Waals surface area contributed by atoms with E-state index in [0.29, 0.717) is 67.3 Å². The van der Waals surface area contributed by atoms with Crippen LogP contribution in [0.3, 0.4) is 0 Å². The zero-order valence-electron chi connectivity index (χ0n) is 33.0. The third kappa shape index (κ3) is 8.34. The molecular weight excluding hydrogens is 731 g/mol. The number of aryl methyl sites for hydroxylation is 1. The van der Waals surface area contributed by atoms with Gasteiger partial charge in [0, 0.05) is 74.0 Å². The minimum atomic E-state index is -3.08. The van der Waals surface area contributed by atoms with E-state index < -0.39 is 12.8 Å². The molecule has 1 unspecified atom stereocenters. The highest BCUT2D eigenvalue weighted by Crippen LogP contribution is 2.39. The zero-order valence-corrected chi connectivity index (χ0v) is 33.0. The van der Waals surface area contributed by atoms with E-state index in [1.807, 2.05) is 77.7 Å². The Kier molecular flexibility index (Phi) is 11.8. The number of aliphatic hydroxyl groups is 1. The highest BCUT2D eigenvalue weighted by Gasteiger charge is 2.35. The van der Waals surface area contributed by atoms with Gasteiger partial charge in [0.25, 0.3) is 5.91 Å². The lowest BCUT2D eigenvalue weighted by Gasteiger charge is -2.40. The molecule has 10 nitrogen and oxygen atoms in total. The van der Waals surface area contributed by atoms with Crippen LogP contribution in [0.25, 0.3) is 11.3 Å². The Hall–Kier alpha value is -5.43. The van der Waals surface area contributed by atoms with Crippen LogP contribution in [0.2, 0.25) is 0 Å². The molecule has 2 aliphatic rings. The zero-order chi connectivity index (χ0) is 40.4. The van der Waals surface area contributed by atoms with Crippen molar-refractivity contribution in [1.29, 1.82) is 0 Å². The first-order valence-electron chi connectivity index (χ1n) is 19.2. The van der Waals surface area contributed by atoms with Gasteiger partial charge in [0.15, 0.2) is 6.23 Å². The summed E-state index contributed by atoms with van der Waals surface area (Å²) in [5, 5.41) is 22.5. The number of rotatable bonds is 12. The van der Waals surface area contributed by atoms with Crippen LogP contribution >= 0.6 is 0 Å². The van der Waals surface area contributed by atoms with Gasteiger partial charge in [0.2, 0.25) is 0 Å². The molecule has 7 rings (SSSR count). The fourth-order valence-electron chi connectivity index (χ4n) is 8.13. The summed E-state index contributed by atoms with van der Waals surface area (Å²) in [6.45, 7) is 6.55. The van der Waals surface area contributed by atoms with E-state index in [-0.39, 0.29) is 29.0 Å². The van der Waals surface area contributed by atoms with Gasteiger partial charge in [-0.2, -0.15) is 8.78 Å². The van der Waals surface area contributed by atoms with E-state index in [1.54, 1.807) is 44.4 Å². The molecule has 1 aromatic heterocycles. The number of methoxy groups -OCH3 is 1. The average molecular weight is 781 g/mol. The van der Waals surface area contributed by atoms with Crippen LogP contribution in [-0.4, -0.2) is 83.1 Å². The normalized spacial score (nSPS) is 16.4. The number of morpholine rings is 1. The maximum absolute atomic E-state index is 15.1. The monoisotopic (exact) mass is 780 g/mol. The second-order valence-corrected chi connectivity index (χ2v) is 14.9. The maximum Gasteiger partial charge on any atom is 0.387 e. The van der Waals surface area contributed by atoms with Crippen LogP contribution in [0, 0.1) is 20.8 Å². The van der Waals surface area contributed by atoms with Crippen molar-refractivity contribution in [2.45, 2.75) is 59.2 Å². The third-order valence-corrected chi connectivity index (χ3v) is 11.5. The predicted molar refractivity (Wildman–Crippen MR) is 215 cm³/mol. The molecule has 57 heavy (non-hydrogen) atoms. The molecule has 1 amide bonds. The first kappa shape index (κ1) is 39.8. The number of aromatic nitrogens is 1. The molecule has 0 bridgehead atoms. The van der Waals surface area contributed by atoms with Crippen molar-refractivity contribution in [2.24, 2.45) is 7.05 Å². The maximum atomic E-state index is 15.1. The summed E-state index contributed by atoms with van der Waals surface area (Å²) in [4.78, 5) is 21.1. The van der Waals surface area contributed by atoms with Crippen LogP contribution in [0.1, 0.15) is 55.7 Å². The molecule has 0 spiro atoms. The molecule has 2 N–H and O–H groups in total. The molecule has 3 heterocycles. The molecule has 0 radical (unpaired) electrons. The molecule has 1 fully saturated rings. The number of hydrogen-bond acceptors (Lipinski definition) is 8. The van der Waals surface area contributed by atoms with Crippen LogP contribution < -0.4 is 14.4 Å². The summed E-state index contributed by atoms with van der Waals surface area (Å²) in [6.07, 6.45) is -0.515. The van der Waals surface area contributed by atoms with Gasteiger partial charge in [-0.05, 0) is 104 Å². The van der Waals surface area contributed by atoms with E-state index in [1.165, 1.54) is 11.6 Å². The Balaban J connectivity index is 1.31. The first-order chi connectivity index (χ1) is 27.4. The van der Waals surface area contributed by atoms with Crippen LogP contribution in [0.4, 0.5) is 14.5 Å². The number of phenols is 1. The first-order valence-corrected chi connectivity index (χ1v) is 19.2. The van der Waals surface area contributed by atoms with Crippen molar-refractivity contribution in [3.63, 3.8) is 0 Å². The molecule has 1 saturated heterocycles. The summed E-state index contributed by atoms with van der Waals surface area (Å²) < 4.78 is 45.6. The summed E-state index contributed by atoms with van der Waals surface area (Å²) in [6, 6.07) is 25.4. The predicted octanol–water partition coefficient (Wildman–Crippen LogP) is 7.53. The Labute approximate surface area is 332 Å². The van der Waals surface area contributed by atoms with Crippen LogP contribution in [0.15, 0.2) is 84.9 Å². The topological polar surface area (TPSA) is 99.9 Å². The number of hydrogen-bond donors (Lipinski definition) is 2. The van der Waals surface area contributed by atoms with Crippen LogP contribution in [0.5, 0.6) is 17.2 Å².